The second-order valence-corrected chi connectivity index (χ2v) is 5.07. The van der Waals surface area contributed by atoms with E-state index in [4.69, 9.17) is 0 Å². The quantitative estimate of drug-likeness (QED) is 0.936. The molecule has 0 unspecified atom stereocenters. The molecule has 0 aliphatic heterocycles. The van der Waals surface area contributed by atoms with E-state index >= 15 is 0 Å². The average molecular weight is 277 g/mol. The lowest BCUT2D eigenvalue weighted by atomic mass is 9.92. The van der Waals surface area contributed by atoms with Crippen LogP contribution in [0.25, 0.3) is 0 Å². The standard InChI is InChI=1S/C18H15NO2/c1-12(13-7-3-2-4-8-13)19-16-11-17(20)14-9-5-6-10-15(14)18(16)21/h2-12,19H,1H3/t12-/m0/s1. The Morgan fingerprint density at radius 3 is 2.19 bits per heavy atom. The minimum Gasteiger partial charge on any atom is -0.375 e. The van der Waals surface area contributed by atoms with Gasteiger partial charge in [-0.05, 0) is 12.5 Å². The normalized spacial score (nSPS) is 15.2. The molecule has 2 aromatic carbocycles. The van der Waals surface area contributed by atoms with Crippen molar-refractivity contribution >= 4 is 11.6 Å². The molecule has 0 bridgehead atoms. The fourth-order valence-electron chi connectivity index (χ4n) is 2.48. The van der Waals surface area contributed by atoms with Crippen molar-refractivity contribution in [2.45, 2.75) is 13.0 Å². The van der Waals surface area contributed by atoms with Crippen molar-refractivity contribution in [2.24, 2.45) is 0 Å². The van der Waals surface area contributed by atoms with Gasteiger partial charge in [0.25, 0.3) is 0 Å². The molecule has 1 aliphatic carbocycles. The van der Waals surface area contributed by atoms with Crippen LogP contribution in [0.4, 0.5) is 0 Å². The van der Waals surface area contributed by atoms with Gasteiger partial charge in [0, 0.05) is 23.2 Å². The van der Waals surface area contributed by atoms with Gasteiger partial charge in [0.2, 0.25) is 5.78 Å². The Morgan fingerprint density at radius 1 is 0.857 bits per heavy atom. The number of carbonyl (C=O) groups is 2. The predicted octanol–water partition coefficient (Wildman–Crippen LogP) is 3.30. The molecule has 0 heterocycles. The number of nitrogens with one attached hydrogen (secondary N) is 1. The molecule has 0 spiro atoms. The molecule has 1 atom stereocenters. The number of hydrogen-bond acceptors (Lipinski definition) is 3. The molecule has 0 saturated heterocycles. The maximum atomic E-state index is 12.4. The van der Waals surface area contributed by atoms with Crippen molar-refractivity contribution in [3.05, 3.63) is 83.1 Å². The predicted molar refractivity (Wildman–Crippen MR) is 81.2 cm³/mol. The highest BCUT2D eigenvalue weighted by Crippen LogP contribution is 2.22. The van der Waals surface area contributed by atoms with Gasteiger partial charge in [-0.1, -0.05) is 54.6 Å². The van der Waals surface area contributed by atoms with Crippen LogP contribution in [0.5, 0.6) is 0 Å². The zero-order valence-electron chi connectivity index (χ0n) is 11.7. The fraction of sp³-hybridized carbons (Fsp3) is 0.111. The van der Waals surface area contributed by atoms with Crippen LogP contribution in [0.2, 0.25) is 0 Å². The van der Waals surface area contributed by atoms with E-state index in [0.717, 1.165) is 5.56 Å². The average Bonchev–Trinajstić information content (AvgIpc) is 2.53. The molecular formula is C18H15NO2. The van der Waals surface area contributed by atoms with E-state index in [9.17, 15) is 9.59 Å². The Labute approximate surface area is 123 Å². The zero-order chi connectivity index (χ0) is 14.8. The second-order valence-electron chi connectivity index (χ2n) is 5.07. The molecule has 0 fully saturated rings. The number of ketones is 2. The van der Waals surface area contributed by atoms with Crippen molar-refractivity contribution in [1.82, 2.24) is 5.32 Å². The lowest BCUT2D eigenvalue weighted by molar-refractivity contribution is 0.0976. The van der Waals surface area contributed by atoms with Gasteiger partial charge in [-0.3, -0.25) is 9.59 Å². The van der Waals surface area contributed by atoms with Crippen molar-refractivity contribution in [1.29, 1.82) is 0 Å². The maximum absolute atomic E-state index is 12.4. The van der Waals surface area contributed by atoms with Crippen molar-refractivity contribution in [2.75, 3.05) is 0 Å². The molecule has 21 heavy (non-hydrogen) atoms. The highest BCUT2D eigenvalue weighted by molar-refractivity contribution is 6.24. The van der Waals surface area contributed by atoms with Gasteiger partial charge in [-0.2, -0.15) is 0 Å². The molecule has 0 amide bonds. The molecule has 1 aliphatic rings. The Balaban J connectivity index is 1.88. The highest BCUT2D eigenvalue weighted by atomic mass is 16.1. The van der Waals surface area contributed by atoms with E-state index in [1.807, 2.05) is 37.3 Å². The minimum absolute atomic E-state index is 0.0422. The van der Waals surface area contributed by atoms with Gasteiger partial charge >= 0.3 is 0 Å². The summed E-state index contributed by atoms with van der Waals surface area (Å²) in [6.07, 6.45) is 1.39. The van der Waals surface area contributed by atoms with E-state index in [1.54, 1.807) is 24.3 Å². The van der Waals surface area contributed by atoms with Crippen molar-refractivity contribution < 1.29 is 9.59 Å². The molecule has 0 saturated carbocycles. The molecule has 104 valence electrons. The van der Waals surface area contributed by atoms with E-state index in [0.29, 0.717) is 16.8 Å². The summed E-state index contributed by atoms with van der Waals surface area (Å²) in [5, 5.41) is 3.15. The van der Waals surface area contributed by atoms with Crippen LogP contribution in [-0.4, -0.2) is 11.6 Å². The van der Waals surface area contributed by atoms with Gasteiger partial charge in [0.1, 0.15) is 0 Å². The number of carbonyl (C=O) groups excluding carboxylic acids is 2. The molecule has 3 nitrogen and oxygen atoms in total. The summed E-state index contributed by atoms with van der Waals surface area (Å²) in [5.41, 5.74) is 2.36. The second kappa shape index (κ2) is 5.37. The number of rotatable bonds is 3. The lowest BCUT2D eigenvalue weighted by Gasteiger charge is -2.21. The number of Topliss-reactive ketones (excluding diaryl/α,β-unsaturated/α-hetero) is 1. The largest absolute Gasteiger partial charge is 0.375 e. The van der Waals surface area contributed by atoms with Crippen LogP contribution in [-0.2, 0) is 0 Å². The van der Waals surface area contributed by atoms with E-state index in [-0.39, 0.29) is 17.6 Å². The third-order valence-electron chi connectivity index (χ3n) is 3.63. The number of hydrogen-bond donors (Lipinski definition) is 1. The number of fused-ring (bicyclic) bond motifs is 1. The minimum atomic E-state index is -0.132. The first-order chi connectivity index (χ1) is 10.2. The van der Waals surface area contributed by atoms with Crippen LogP contribution >= 0.6 is 0 Å². The van der Waals surface area contributed by atoms with Gasteiger partial charge in [0.05, 0.1) is 5.70 Å². The van der Waals surface area contributed by atoms with Crippen LogP contribution in [0.1, 0.15) is 39.2 Å². The Bertz CT molecular complexity index is 732. The smallest absolute Gasteiger partial charge is 0.209 e. The first-order valence-electron chi connectivity index (χ1n) is 6.88. The highest BCUT2D eigenvalue weighted by Gasteiger charge is 2.25. The van der Waals surface area contributed by atoms with E-state index in [2.05, 4.69) is 5.32 Å². The van der Waals surface area contributed by atoms with Gasteiger partial charge in [-0.25, -0.2) is 0 Å². The van der Waals surface area contributed by atoms with Crippen molar-refractivity contribution in [3.63, 3.8) is 0 Å². The summed E-state index contributed by atoms with van der Waals surface area (Å²) >= 11 is 0. The molecule has 3 heteroatoms. The van der Waals surface area contributed by atoms with Gasteiger partial charge < -0.3 is 5.32 Å². The summed E-state index contributed by atoms with van der Waals surface area (Å²) in [4.78, 5) is 24.5. The maximum Gasteiger partial charge on any atom is 0.209 e. The summed E-state index contributed by atoms with van der Waals surface area (Å²) in [5.74, 6) is -0.263. The zero-order valence-corrected chi connectivity index (χ0v) is 11.7. The molecule has 0 radical (unpaired) electrons. The first kappa shape index (κ1) is 13.3. The Hall–Kier alpha value is -2.68. The van der Waals surface area contributed by atoms with Crippen molar-refractivity contribution in [3.8, 4) is 0 Å². The summed E-state index contributed by atoms with van der Waals surface area (Å²) in [7, 11) is 0. The van der Waals surface area contributed by atoms with Crippen LogP contribution in [0.3, 0.4) is 0 Å². The van der Waals surface area contributed by atoms with Crippen LogP contribution < -0.4 is 5.32 Å². The number of benzene rings is 2. The Kier molecular flexibility index (Phi) is 3.40. The molecule has 3 rings (SSSR count). The molecular weight excluding hydrogens is 262 g/mol. The summed E-state index contributed by atoms with van der Waals surface area (Å²) in [6.45, 7) is 1.97. The third-order valence-corrected chi connectivity index (χ3v) is 3.63. The molecule has 0 aromatic heterocycles. The van der Waals surface area contributed by atoms with E-state index < -0.39 is 0 Å². The van der Waals surface area contributed by atoms with Gasteiger partial charge in [0.15, 0.2) is 5.78 Å². The summed E-state index contributed by atoms with van der Waals surface area (Å²) in [6, 6.07) is 16.7. The number of allylic oxidation sites excluding steroid dienone is 2. The van der Waals surface area contributed by atoms with Crippen LogP contribution in [0, 0.1) is 0 Å². The monoisotopic (exact) mass is 277 g/mol. The lowest BCUT2D eigenvalue weighted by Crippen LogP contribution is -2.28. The SMILES string of the molecule is C[C@H](NC1=CC(=O)c2ccccc2C1=O)c1ccccc1. The molecule has 2 aromatic rings. The fourth-order valence-corrected chi connectivity index (χ4v) is 2.48. The van der Waals surface area contributed by atoms with E-state index in [1.165, 1.54) is 6.08 Å². The summed E-state index contributed by atoms with van der Waals surface area (Å²) < 4.78 is 0. The topological polar surface area (TPSA) is 46.2 Å². The Morgan fingerprint density at radius 2 is 1.48 bits per heavy atom. The first-order valence-corrected chi connectivity index (χ1v) is 6.88. The third kappa shape index (κ3) is 2.50. The van der Waals surface area contributed by atoms with Crippen LogP contribution in [0.15, 0.2) is 66.4 Å². The van der Waals surface area contributed by atoms with Gasteiger partial charge in [-0.15, -0.1) is 0 Å². The molecule has 1 N–H and O–H groups in total.